The zero-order valence-corrected chi connectivity index (χ0v) is 13.9. The number of carbonyl (C=O) groups is 1. The van der Waals surface area contributed by atoms with Crippen molar-refractivity contribution in [3.8, 4) is 0 Å². The van der Waals surface area contributed by atoms with Gasteiger partial charge in [-0.2, -0.15) is 0 Å². The third-order valence-electron chi connectivity index (χ3n) is 2.63. The third kappa shape index (κ3) is 4.01. The van der Waals surface area contributed by atoms with Crippen LogP contribution in [0.4, 0.5) is 10.6 Å². The number of aromatic nitrogens is 2. The molecule has 2 amide bonds. The van der Waals surface area contributed by atoms with E-state index in [2.05, 4.69) is 4.98 Å². The summed E-state index contributed by atoms with van der Waals surface area (Å²) in [6.07, 6.45) is 1.24. The summed E-state index contributed by atoms with van der Waals surface area (Å²) >= 11 is 11.5. The highest BCUT2D eigenvalue weighted by Gasteiger charge is 2.21. The number of amides is 2. The predicted octanol–water partition coefficient (Wildman–Crippen LogP) is 1.60. The van der Waals surface area contributed by atoms with Gasteiger partial charge in [-0.15, -0.1) is 0 Å². The fourth-order valence-electron chi connectivity index (χ4n) is 1.62. The van der Waals surface area contributed by atoms with Crippen LogP contribution in [0.15, 0.2) is 40.2 Å². The van der Waals surface area contributed by atoms with Gasteiger partial charge in [0.25, 0.3) is 15.6 Å². The van der Waals surface area contributed by atoms with E-state index in [0.717, 1.165) is 4.57 Å². The molecule has 1 heterocycles. The molecule has 0 saturated carbocycles. The second-order valence-corrected chi connectivity index (χ2v) is 6.76. The number of hydrogen-bond donors (Lipinski definition) is 2. The monoisotopic (exact) mass is 376 g/mol. The maximum absolute atomic E-state index is 12.1. The van der Waals surface area contributed by atoms with Gasteiger partial charge in [-0.3, -0.25) is 10.1 Å². The molecule has 2 aromatic rings. The van der Waals surface area contributed by atoms with Gasteiger partial charge in [0, 0.05) is 13.2 Å². The van der Waals surface area contributed by atoms with Crippen LogP contribution in [-0.2, 0) is 17.1 Å². The predicted molar refractivity (Wildman–Crippen MR) is 85.3 cm³/mol. The number of nitrogens with zero attached hydrogens (tertiary/aromatic N) is 2. The number of nitrogens with one attached hydrogen (secondary N) is 2. The molecular weight excluding hydrogens is 367 g/mol. The van der Waals surface area contributed by atoms with E-state index in [-0.39, 0.29) is 15.1 Å². The van der Waals surface area contributed by atoms with Crippen molar-refractivity contribution in [1.29, 1.82) is 0 Å². The van der Waals surface area contributed by atoms with Gasteiger partial charge in [0.15, 0.2) is 0 Å². The molecule has 2 rings (SSSR count). The Morgan fingerprint density at radius 2 is 1.91 bits per heavy atom. The van der Waals surface area contributed by atoms with E-state index in [0.29, 0.717) is 0 Å². The third-order valence-corrected chi connectivity index (χ3v) is 4.64. The first-order valence-electron chi connectivity index (χ1n) is 6.02. The van der Waals surface area contributed by atoms with Gasteiger partial charge in [-0.25, -0.2) is 22.9 Å². The second-order valence-electron chi connectivity index (χ2n) is 4.32. The fraction of sp³-hybridized carbons (Fsp3) is 0.0833. The van der Waals surface area contributed by atoms with Crippen molar-refractivity contribution in [1.82, 2.24) is 14.3 Å². The lowest BCUT2D eigenvalue weighted by Gasteiger charge is -2.09. The van der Waals surface area contributed by atoms with E-state index in [1.54, 1.807) is 10.8 Å². The first-order chi connectivity index (χ1) is 10.7. The molecule has 0 aliphatic rings. The van der Waals surface area contributed by atoms with Gasteiger partial charge in [0.1, 0.15) is 10.0 Å². The summed E-state index contributed by atoms with van der Waals surface area (Å²) in [7, 11) is -2.80. The average Bonchev–Trinajstić information content (AvgIpc) is 2.43. The minimum Gasteiger partial charge on any atom is -0.312 e. The molecule has 0 fully saturated rings. The van der Waals surface area contributed by atoms with Crippen LogP contribution in [0.1, 0.15) is 0 Å². The normalized spacial score (nSPS) is 11.1. The summed E-state index contributed by atoms with van der Waals surface area (Å²) in [5.74, 6) is -0.410. The largest absolute Gasteiger partial charge is 0.334 e. The van der Waals surface area contributed by atoms with E-state index in [9.17, 15) is 18.0 Å². The Morgan fingerprint density at radius 1 is 1.26 bits per heavy atom. The van der Waals surface area contributed by atoms with Crippen molar-refractivity contribution in [3.63, 3.8) is 0 Å². The molecule has 0 unspecified atom stereocenters. The van der Waals surface area contributed by atoms with E-state index in [1.807, 2.05) is 5.32 Å². The zero-order chi connectivity index (χ0) is 17.2. The fourth-order valence-corrected chi connectivity index (χ4v) is 3.28. The van der Waals surface area contributed by atoms with Crippen LogP contribution in [-0.4, -0.2) is 24.0 Å². The Kier molecular flexibility index (Phi) is 4.93. The molecule has 23 heavy (non-hydrogen) atoms. The van der Waals surface area contributed by atoms with Crippen LogP contribution in [0.2, 0.25) is 10.2 Å². The molecule has 11 heteroatoms. The number of halogens is 2. The number of anilines is 1. The van der Waals surface area contributed by atoms with Gasteiger partial charge in [-0.05, 0) is 12.1 Å². The maximum Gasteiger partial charge on any atom is 0.334 e. The molecule has 1 aromatic carbocycles. The van der Waals surface area contributed by atoms with Crippen molar-refractivity contribution < 1.29 is 13.2 Å². The molecule has 0 atom stereocenters. The van der Waals surface area contributed by atoms with E-state index < -0.39 is 27.4 Å². The molecule has 1 aromatic heterocycles. The van der Waals surface area contributed by atoms with Crippen molar-refractivity contribution in [2.45, 2.75) is 4.90 Å². The number of sulfonamides is 1. The van der Waals surface area contributed by atoms with Gasteiger partial charge in [0.2, 0.25) is 5.82 Å². The molecule has 0 aliphatic carbocycles. The molecule has 0 bridgehead atoms. The highest BCUT2D eigenvalue weighted by molar-refractivity contribution is 7.90. The smallest absolute Gasteiger partial charge is 0.312 e. The first-order valence-corrected chi connectivity index (χ1v) is 8.26. The summed E-state index contributed by atoms with van der Waals surface area (Å²) in [5, 5.41) is 1.94. The highest BCUT2D eigenvalue weighted by Crippen LogP contribution is 2.20. The summed E-state index contributed by atoms with van der Waals surface area (Å²) in [4.78, 5) is 26.9. The highest BCUT2D eigenvalue weighted by atomic mass is 35.5. The number of aryl methyl sites for hydroxylation is 1. The lowest BCUT2D eigenvalue weighted by molar-refractivity contribution is 0.256. The van der Waals surface area contributed by atoms with Crippen molar-refractivity contribution in [2.24, 2.45) is 7.05 Å². The first kappa shape index (κ1) is 17.3. The zero-order valence-electron chi connectivity index (χ0n) is 11.6. The Balaban J connectivity index is 2.24. The summed E-state index contributed by atoms with van der Waals surface area (Å²) in [6, 6.07) is 4.42. The topological polar surface area (TPSA) is 110 Å². The quantitative estimate of drug-likeness (QED) is 0.844. The Labute approximate surface area is 141 Å². The molecule has 0 saturated heterocycles. The van der Waals surface area contributed by atoms with Gasteiger partial charge in [0.05, 0.1) is 5.02 Å². The van der Waals surface area contributed by atoms with Crippen molar-refractivity contribution in [3.05, 3.63) is 51.0 Å². The van der Waals surface area contributed by atoms with Gasteiger partial charge in [-0.1, -0.05) is 35.3 Å². The Bertz CT molecular complexity index is 927. The molecule has 8 nitrogen and oxygen atoms in total. The van der Waals surface area contributed by atoms with Crippen molar-refractivity contribution >= 4 is 45.1 Å². The number of hydrogen-bond acceptors (Lipinski definition) is 5. The minimum absolute atomic E-state index is 0.0450. The van der Waals surface area contributed by atoms with E-state index in [1.165, 1.54) is 31.4 Å². The summed E-state index contributed by atoms with van der Waals surface area (Å²) in [6.45, 7) is 0. The molecule has 0 spiro atoms. The lowest BCUT2D eigenvalue weighted by atomic mass is 10.4. The van der Waals surface area contributed by atoms with Crippen molar-refractivity contribution in [2.75, 3.05) is 5.32 Å². The summed E-state index contributed by atoms with van der Waals surface area (Å²) in [5.41, 5.74) is -0.653. The average molecular weight is 377 g/mol. The molecule has 0 aliphatic heterocycles. The standard InChI is InChI=1S/C12H10Cl2N4O4S/c1-18-6-9(14)15-10(11(18)19)16-12(20)17-23(21,22)8-5-3-2-4-7(8)13/h2-6H,1H3,(H2,15,16,17,20). The van der Waals surface area contributed by atoms with E-state index in [4.69, 9.17) is 23.2 Å². The maximum atomic E-state index is 12.1. The molecule has 122 valence electrons. The number of urea groups is 1. The molecule has 0 radical (unpaired) electrons. The van der Waals surface area contributed by atoms with Crippen LogP contribution >= 0.6 is 23.2 Å². The number of benzene rings is 1. The van der Waals surface area contributed by atoms with Crippen LogP contribution < -0.4 is 15.6 Å². The van der Waals surface area contributed by atoms with Gasteiger partial charge < -0.3 is 4.57 Å². The number of rotatable bonds is 3. The molecule has 2 N–H and O–H groups in total. The van der Waals surface area contributed by atoms with Crippen LogP contribution in [0.3, 0.4) is 0 Å². The van der Waals surface area contributed by atoms with Crippen LogP contribution in [0.25, 0.3) is 0 Å². The second kappa shape index (κ2) is 6.57. The minimum atomic E-state index is -4.21. The SMILES string of the molecule is Cn1cc(Cl)nc(NC(=O)NS(=O)(=O)c2ccccc2Cl)c1=O. The summed E-state index contributed by atoms with van der Waals surface area (Å²) < 4.78 is 27.0. The van der Waals surface area contributed by atoms with Crippen LogP contribution in [0.5, 0.6) is 0 Å². The van der Waals surface area contributed by atoms with E-state index >= 15 is 0 Å². The Morgan fingerprint density at radius 3 is 2.57 bits per heavy atom. The lowest BCUT2D eigenvalue weighted by Crippen LogP contribution is -2.37. The number of carbonyl (C=O) groups excluding carboxylic acids is 1. The van der Waals surface area contributed by atoms with Crippen LogP contribution in [0, 0.1) is 0 Å². The Hall–Kier alpha value is -2.10. The van der Waals surface area contributed by atoms with Gasteiger partial charge >= 0.3 is 6.03 Å². The molecular formula is C12H10Cl2N4O4S.